The van der Waals surface area contributed by atoms with E-state index in [-0.39, 0.29) is 25.1 Å². The summed E-state index contributed by atoms with van der Waals surface area (Å²) < 4.78 is 26.4. The van der Waals surface area contributed by atoms with Crippen molar-refractivity contribution in [3.05, 3.63) is 65.1 Å². The second-order valence-electron chi connectivity index (χ2n) is 6.01. The van der Waals surface area contributed by atoms with E-state index in [2.05, 4.69) is 5.32 Å². The molecule has 2 heterocycles. The standard InChI is InChI=1S/C19H17FN2O3/c1-22-6-5-15-16(3-2-4-17(15)22)19(23)21-9-12-7-14(20)8-13-10-24-11-25-18(12)13/h2-8H,9-11H2,1H3,(H,21,23). The van der Waals surface area contributed by atoms with Gasteiger partial charge >= 0.3 is 0 Å². The van der Waals surface area contributed by atoms with Crippen LogP contribution in [0.1, 0.15) is 21.5 Å². The molecule has 0 saturated heterocycles. The fourth-order valence-electron chi connectivity index (χ4n) is 3.16. The summed E-state index contributed by atoms with van der Waals surface area (Å²) in [5.74, 6) is 0.00926. The summed E-state index contributed by atoms with van der Waals surface area (Å²) in [6.45, 7) is 0.614. The van der Waals surface area contributed by atoms with Gasteiger partial charge in [0.05, 0.1) is 6.61 Å². The van der Waals surface area contributed by atoms with Gasteiger partial charge < -0.3 is 19.4 Å². The topological polar surface area (TPSA) is 52.5 Å². The van der Waals surface area contributed by atoms with Crippen molar-refractivity contribution in [2.24, 2.45) is 7.05 Å². The van der Waals surface area contributed by atoms with Crippen LogP contribution in [0.4, 0.5) is 4.39 Å². The van der Waals surface area contributed by atoms with Crippen molar-refractivity contribution in [3.63, 3.8) is 0 Å². The van der Waals surface area contributed by atoms with Gasteiger partial charge in [-0.05, 0) is 30.3 Å². The summed E-state index contributed by atoms with van der Waals surface area (Å²) in [5.41, 5.74) is 2.83. The Morgan fingerprint density at radius 1 is 1.32 bits per heavy atom. The SMILES string of the molecule is Cn1ccc2c(C(=O)NCc3cc(F)cc4c3OCOC4)cccc21. The lowest BCUT2D eigenvalue weighted by molar-refractivity contribution is -0.0173. The molecular formula is C19H17FN2O3. The molecule has 0 fully saturated rings. The Kier molecular flexibility index (Phi) is 3.89. The van der Waals surface area contributed by atoms with Crippen LogP contribution in [0.5, 0.6) is 5.75 Å². The first-order valence-corrected chi connectivity index (χ1v) is 7.97. The number of fused-ring (bicyclic) bond motifs is 2. The number of aryl methyl sites for hydroxylation is 1. The van der Waals surface area contributed by atoms with Crippen molar-refractivity contribution in [2.45, 2.75) is 13.2 Å². The van der Waals surface area contributed by atoms with Gasteiger partial charge in [0, 0.05) is 47.4 Å². The molecule has 128 valence electrons. The quantitative estimate of drug-likeness (QED) is 0.797. The van der Waals surface area contributed by atoms with E-state index in [9.17, 15) is 9.18 Å². The minimum absolute atomic E-state index is 0.128. The molecule has 0 saturated carbocycles. The number of hydrogen-bond donors (Lipinski definition) is 1. The van der Waals surface area contributed by atoms with E-state index in [0.717, 1.165) is 10.9 Å². The van der Waals surface area contributed by atoms with Gasteiger partial charge in [-0.1, -0.05) is 6.07 Å². The van der Waals surface area contributed by atoms with Gasteiger partial charge in [-0.15, -0.1) is 0 Å². The number of aromatic nitrogens is 1. The summed E-state index contributed by atoms with van der Waals surface area (Å²) in [6.07, 6.45) is 1.91. The molecule has 0 atom stereocenters. The maximum Gasteiger partial charge on any atom is 0.252 e. The van der Waals surface area contributed by atoms with Crippen LogP contribution in [-0.4, -0.2) is 17.3 Å². The fraction of sp³-hybridized carbons (Fsp3) is 0.211. The molecule has 0 radical (unpaired) electrons. The van der Waals surface area contributed by atoms with Crippen LogP contribution < -0.4 is 10.1 Å². The summed E-state index contributed by atoms with van der Waals surface area (Å²) >= 11 is 0. The third-order valence-corrected chi connectivity index (χ3v) is 4.36. The number of hydrogen-bond acceptors (Lipinski definition) is 3. The number of nitrogens with one attached hydrogen (secondary N) is 1. The van der Waals surface area contributed by atoms with Crippen molar-refractivity contribution in [1.29, 1.82) is 0 Å². The molecule has 1 aliphatic heterocycles. The monoisotopic (exact) mass is 340 g/mol. The highest BCUT2D eigenvalue weighted by atomic mass is 19.1. The number of carbonyl (C=O) groups excluding carboxylic acids is 1. The van der Waals surface area contributed by atoms with E-state index >= 15 is 0 Å². The smallest absolute Gasteiger partial charge is 0.252 e. The molecule has 1 N–H and O–H groups in total. The third kappa shape index (κ3) is 2.85. The molecule has 4 rings (SSSR count). The molecule has 0 unspecified atom stereocenters. The van der Waals surface area contributed by atoms with Gasteiger partial charge in [0.1, 0.15) is 11.6 Å². The summed E-state index contributed by atoms with van der Waals surface area (Å²) in [7, 11) is 1.93. The van der Waals surface area contributed by atoms with Crippen LogP contribution in [0.2, 0.25) is 0 Å². The van der Waals surface area contributed by atoms with E-state index in [4.69, 9.17) is 9.47 Å². The van der Waals surface area contributed by atoms with Crippen LogP contribution in [-0.2, 0) is 24.9 Å². The second kappa shape index (κ2) is 6.22. The molecule has 1 aromatic heterocycles. The van der Waals surface area contributed by atoms with Crippen molar-refractivity contribution < 1.29 is 18.7 Å². The number of ether oxygens (including phenoxy) is 2. The lowest BCUT2D eigenvalue weighted by Gasteiger charge is -2.21. The van der Waals surface area contributed by atoms with Gasteiger partial charge in [-0.2, -0.15) is 0 Å². The Morgan fingerprint density at radius 3 is 3.08 bits per heavy atom. The first-order chi connectivity index (χ1) is 12.1. The molecule has 3 aromatic rings. The molecule has 0 aliphatic carbocycles. The van der Waals surface area contributed by atoms with Crippen LogP contribution >= 0.6 is 0 Å². The minimum Gasteiger partial charge on any atom is -0.467 e. The highest BCUT2D eigenvalue weighted by Gasteiger charge is 2.18. The lowest BCUT2D eigenvalue weighted by Crippen LogP contribution is -2.24. The molecule has 5 nitrogen and oxygen atoms in total. The summed E-state index contributed by atoms with van der Waals surface area (Å²) in [6, 6.07) is 10.3. The van der Waals surface area contributed by atoms with E-state index in [1.165, 1.54) is 12.1 Å². The van der Waals surface area contributed by atoms with Crippen LogP contribution in [0.25, 0.3) is 10.9 Å². The molecule has 1 aliphatic rings. The molecule has 0 spiro atoms. The molecule has 1 amide bonds. The van der Waals surface area contributed by atoms with Crippen LogP contribution in [0.15, 0.2) is 42.6 Å². The fourth-order valence-corrected chi connectivity index (χ4v) is 3.16. The zero-order chi connectivity index (χ0) is 17.4. The van der Waals surface area contributed by atoms with Crippen molar-refractivity contribution in [3.8, 4) is 5.75 Å². The van der Waals surface area contributed by atoms with E-state index < -0.39 is 0 Å². The second-order valence-corrected chi connectivity index (χ2v) is 6.01. The van der Waals surface area contributed by atoms with Gasteiger partial charge in [0.25, 0.3) is 5.91 Å². The summed E-state index contributed by atoms with van der Waals surface area (Å²) in [5, 5.41) is 3.74. The maximum atomic E-state index is 13.8. The number of rotatable bonds is 3. The Labute approximate surface area is 144 Å². The molecule has 2 aromatic carbocycles. The van der Waals surface area contributed by atoms with Crippen molar-refractivity contribution in [2.75, 3.05) is 6.79 Å². The van der Waals surface area contributed by atoms with Crippen molar-refractivity contribution in [1.82, 2.24) is 9.88 Å². The first kappa shape index (κ1) is 15.7. The number of amides is 1. The van der Waals surface area contributed by atoms with Crippen molar-refractivity contribution >= 4 is 16.8 Å². The normalized spacial score (nSPS) is 13.4. The average Bonchev–Trinajstić information content (AvgIpc) is 3.00. The molecule has 0 bridgehead atoms. The zero-order valence-electron chi connectivity index (χ0n) is 13.7. The Morgan fingerprint density at radius 2 is 2.20 bits per heavy atom. The molecule has 6 heteroatoms. The Bertz CT molecular complexity index is 965. The minimum atomic E-state index is -0.373. The third-order valence-electron chi connectivity index (χ3n) is 4.36. The Balaban J connectivity index is 1.59. The Hall–Kier alpha value is -2.86. The number of carbonyl (C=O) groups is 1. The number of nitrogens with zero attached hydrogens (tertiary/aromatic N) is 1. The highest BCUT2D eigenvalue weighted by Crippen LogP contribution is 2.29. The van der Waals surface area contributed by atoms with E-state index in [1.807, 2.05) is 36.0 Å². The maximum absolute atomic E-state index is 13.8. The van der Waals surface area contributed by atoms with Gasteiger partial charge in [0.2, 0.25) is 0 Å². The van der Waals surface area contributed by atoms with Crippen LogP contribution in [0.3, 0.4) is 0 Å². The predicted molar refractivity (Wildman–Crippen MR) is 90.8 cm³/mol. The zero-order valence-corrected chi connectivity index (χ0v) is 13.7. The highest BCUT2D eigenvalue weighted by molar-refractivity contribution is 6.06. The van der Waals surface area contributed by atoms with E-state index in [0.29, 0.717) is 29.0 Å². The molecule has 25 heavy (non-hydrogen) atoms. The largest absolute Gasteiger partial charge is 0.467 e. The molecular weight excluding hydrogens is 323 g/mol. The van der Waals surface area contributed by atoms with Crippen LogP contribution in [0, 0.1) is 5.82 Å². The summed E-state index contributed by atoms with van der Waals surface area (Å²) in [4.78, 5) is 12.6. The van der Waals surface area contributed by atoms with Gasteiger partial charge in [-0.3, -0.25) is 4.79 Å². The predicted octanol–water partition coefficient (Wildman–Crippen LogP) is 3.11. The van der Waals surface area contributed by atoms with E-state index in [1.54, 1.807) is 6.07 Å². The lowest BCUT2D eigenvalue weighted by atomic mass is 10.1. The van der Waals surface area contributed by atoms with Gasteiger partial charge in [-0.25, -0.2) is 4.39 Å². The number of halogens is 1. The van der Waals surface area contributed by atoms with Gasteiger partial charge in [0.15, 0.2) is 6.79 Å². The first-order valence-electron chi connectivity index (χ1n) is 7.97. The average molecular weight is 340 g/mol. The number of benzene rings is 2.